The molecule has 2 aromatic carbocycles. The van der Waals surface area contributed by atoms with E-state index in [2.05, 4.69) is 25.2 Å². The molecule has 0 radical (unpaired) electrons. The van der Waals surface area contributed by atoms with Crippen LogP contribution in [0.25, 0.3) is 0 Å². The zero-order valence-corrected chi connectivity index (χ0v) is 21.5. The van der Waals surface area contributed by atoms with Crippen molar-refractivity contribution in [2.75, 3.05) is 12.3 Å². The standard InChI is InChI=1S/C25H32Cl2N2O2S/c1-5-23(25(31)28-13-17(2)3)29(14-19-8-6-7-18(4)11-19)24(30)16-32-15-20-9-10-21(26)12-22(20)27/h6-12,17,23H,5,13-16H2,1-4H3,(H,28,31). The smallest absolute Gasteiger partial charge is 0.242 e. The molecule has 0 spiro atoms. The van der Waals surface area contributed by atoms with Crippen LogP contribution >= 0.6 is 35.0 Å². The second kappa shape index (κ2) is 13.1. The maximum absolute atomic E-state index is 13.3. The first-order chi connectivity index (χ1) is 15.2. The highest BCUT2D eigenvalue weighted by Crippen LogP contribution is 2.25. The van der Waals surface area contributed by atoms with Crippen molar-refractivity contribution in [2.45, 2.75) is 52.5 Å². The first-order valence-corrected chi connectivity index (χ1v) is 12.8. The predicted molar refractivity (Wildman–Crippen MR) is 136 cm³/mol. The summed E-state index contributed by atoms with van der Waals surface area (Å²) in [5, 5.41) is 4.17. The van der Waals surface area contributed by atoms with Crippen LogP contribution in [0.15, 0.2) is 42.5 Å². The minimum Gasteiger partial charge on any atom is -0.354 e. The summed E-state index contributed by atoms with van der Waals surface area (Å²) >= 11 is 13.7. The fourth-order valence-corrected chi connectivity index (χ4v) is 4.79. The number of amides is 2. The highest BCUT2D eigenvalue weighted by atomic mass is 35.5. The van der Waals surface area contributed by atoms with Crippen molar-refractivity contribution < 1.29 is 9.59 Å². The molecule has 7 heteroatoms. The summed E-state index contributed by atoms with van der Waals surface area (Å²) in [6.07, 6.45) is 0.551. The molecule has 0 bridgehead atoms. The first-order valence-electron chi connectivity index (χ1n) is 10.9. The lowest BCUT2D eigenvalue weighted by Crippen LogP contribution is -2.50. The van der Waals surface area contributed by atoms with E-state index in [0.29, 0.717) is 41.2 Å². The average molecular weight is 496 g/mol. The molecule has 1 atom stereocenters. The molecular formula is C25H32Cl2N2O2S. The van der Waals surface area contributed by atoms with E-state index >= 15 is 0 Å². The molecule has 0 aliphatic rings. The molecule has 1 N–H and O–H groups in total. The molecular weight excluding hydrogens is 463 g/mol. The number of carbonyl (C=O) groups excluding carboxylic acids is 2. The fourth-order valence-electron chi connectivity index (χ4n) is 3.32. The van der Waals surface area contributed by atoms with Crippen LogP contribution in [-0.2, 0) is 21.9 Å². The summed E-state index contributed by atoms with van der Waals surface area (Å²) in [5.74, 6) is 1.04. The summed E-state index contributed by atoms with van der Waals surface area (Å²) in [4.78, 5) is 27.9. The third kappa shape index (κ3) is 8.34. The van der Waals surface area contributed by atoms with Gasteiger partial charge in [0, 0.05) is 28.9 Å². The normalized spacial score (nSPS) is 12.0. The van der Waals surface area contributed by atoms with Crippen molar-refractivity contribution in [3.05, 3.63) is 69.2 Å². The Balaban J connectivity index is 2.14. The summed E-state index contributed by atoms with van der Waals surface area (Å²) in [6, 6.07) is 12.9. The van der Waals surface area contributed by atoms with Crippen LogP contribution in [0.2, 0.25) is 10.0 Å². The van der Waals surface area contributed by atoms with Gasteiger partial charge in [0.2, 0.25) is 11.8 Å². The molecule has 0 saturated heterocycles. The minimum absolute atomic E-state index is 0.0619. The average Bonchev–Trinajstić information content (AvgIpc) is 2.73. The minimum atomic E-state index is -0.513. The van der Waals surface area contributed by atoms with Gasteiger partial charge in [0.05, 0.1) is 5.75 Å². The Hall–Kier alpha value is -1.69. The molecule has 0 aliphatic carbocycles. The number of aryl methyl sites for hydroxylation is 1. The van der Waals surface area contributed by atoms with Crippen LogP contribution in [0.3, 0.4) is 0 Å². The van der Waals surface area contributed by atoms with Gasteiger partial charge in [-0.05, 0) is 42.5 Å². The number of hydrogen-bond donors (Lipinski definition) is 1. The molecule has 0 fully saturated rings. The zero-order chi connectivity index (χ0) is 23.7. The van der Waals surface area contributed by atoms with Crippen LogP contribution in [0, 0.1) is 12.8 Å². The molecule has 2 aromatic rings. The number of nitrogens with one attached hydrogen (secondary N) is 1. The van der Waals surface area contributed by atoms with E-state index in [9.17, 15) is 9.59 Å². The molecule has 1 unspecified atom stereocenters. The summed E-state index contributed by atoms with van der Waals surface area (Å²) < 4.78 is 0. The topological polar surface area (TPSA) is 49.4 Å². The highest BCUT2D eigenvalue weighted by Gasteiger charge is 2.28. The first kappa shape index (κ1) is 26.6. The molecule has 2 rings (SSSR count). The van der Waals surface area contributed by atoms with Crippen molar-refractivity contribution in [2.24, 2.45) is 5.92 Å². The van der Waals surface area contributed by atoms with E-state index in [1.165, 1.54) is 11.8 Å². The molecule has 32 heavy (non-hydrogen) atoms. The molecule has 2 amide bonds. The molecule has 0 saturated carbocycles. The van der Waals surface area contributed by atoms with Gasteiger partial charge in [-0.15, -0.1) is 11.8 Å². The van der Waals surface area contributed by atoms with Gasteiger partial charge in [0.15, 0.2) is 0 Å². The number of benzene rings is 2. The predicted octanol–water partition coefficient (Wildman–Crippen LogP) is 6.11. The van der Waals surface area contributed by atoms with Crippen LogP contribution in [-0.4, -0.2) is 35.1 Å². The van der Waals surface area contributed by atoms with Gasteiger partial charge in [-0.3, -0.25) is 9.59 Å². The number of nitrogens with zero attached hydrogens (tertiary/aromatic N) is 1. The Labute approximate surface area is 206 Å². The summed E-state index contributed by atoms with van der Waals surface area (Å²) in [6.45, 7) is 9.05. The number of hydrogen-bond acceptors (Lipinski definition) is 3. The molecule has 0 aromatic heterocycles. The lowest BCUT2D eigenvalue weighted by atomic mass is 10.1. The second-order valence-electron chi connectivity index (χ2n) is 8.30. The highest BCUT2D eigenvalue weighted by molar-refractivity contribution is 7.99. The van der Waals surface area contributed by atoms with Gasteiger partial charge in [-0.25, -0.2) is 0 Å². The third-order valence-electron chi connectivity index (χ3n) is 5.00. The van der Waals surface area contributed by atoms with Crippen molar-refractivity contribution >= 4 is 46.8 Å². The van der Waals surface area contributed by atoms with Gasteiger partial charge < -0.3 is 10.2 Å². The van der Waals surface area contributed by atoms with E-state index < -0.39 is 6.04 Å². The van der Waals surface area contributed by atoms with Crippen LogP contribution in [0.1, 0.15) is 43.9 Å². The number of rotatable bonds is 11. The number of thioether (sulfide) groups is 1. The van der Waals surface area contributed by atoms with Gasteiger partial charge in [0.1, 0.15) is 6.04 Å². The van der Waals surface area contributed by atoms with E-state index in [4.69, 9.17) is 23.2 Å². The third-order valence-corrected chi connectivity index (χ3v) is 6.56. The summed E-state index contributed by atoms with van der Waals surface area (Å²) in [7, 11) is 0. The van der Waals surface area contributed by atoms with Crippen LogP contribution < -0.4 is 5.32 Å². The van der Waals surface area contributed by atoms with Crippen LogP contribution in [0.5, 0.6) is 0 Å². The van der Waals surface area contributed by atoms with Crippen molar-refractivity contribution in [1.29, 1.82) is 0 Å². The molecule has 0 aliphatic heterocycles. The second-order valence-corrected chi connectivity index (χ2v) is 10.1. The van der Waals surface area contributed by atoms with Gasteiger partial charge in [-0.1, -0.05) is 79.9 Å². The SMILES string of the molecule is CCC(C(=O)NCC(C)C)N(Cc1cccc(C)c1)C(=O)CSCc1ccc(Cl)cc1Cl. The lowest BCUT2D eigenvalue weighted by Gasteiger charge is -2.31. The maximum Gasteiger partial charge on any atom is 0.242 e. The lowest BCUT2D eigenvalue weighted by molar-refractivity contribution is -0.139. The fraction of sp³-hybridized carbons (Fsp3) is 0.440. The van der Waals surface area contributed by atoms with Crippen molar-refractivity contribution in [3.8, 4) is 0 Å². The summed E-state index contributed by atoms with van der Waals surface area (Å²) in [5.41, 5.74) is 3.07. The Morgan fingerprint density at radius 3 is 2.50 bits per heavy atom. The monoisotopic (exact) mass is 494 g/mol. The van der Waals surface area contributed by atoms with E-state index in [-0.39, 0.29) is 17.6 Å². The van der Waals surface area contributed by atoms with Crippen molar-refractivity contribution in [3.63, 3.8) is 0 Å². The number of halogens is 2. The van der Waals surface area contributed by atoms with Crippen LogP contribution in [0.4, 0.5) is 0 Å². The largest absolute Gasteiger partial charge is 0.354 e. The van der Waals surface area contributed by atoms with Gasteiger partial charge in [-0.2, -0.15) is 0 Å². The van der Waals surface area contributed by atoms with E-state index in [1.54, 1.807) is 17.0 Å². The Morgan fingerprint density at radius 2 is 1.88 bits per heavy atom. The van der Waals surface area contributed by atoms with E-state index in [0.717, 1.165) is 16.7 Å². The van der Waals surface area contributed by atoms with Crippen molar-refractivity contribution in [1.82, 2.24) is 10.2 Å². The maximum atomic E-state index is 13.3. The van der Waals surface area contributed by atoms with Gasteiger partial charge in [0.25, 0.3) is 0 Å². The van der Waals surface area contributed by atoms with Gasteiger partial charge >= 0.3 is 0 Å². The quantitative estimate of drug-likeness (QED) is 0.409. The molecule has 4 nitrogen and oxygen atoms in total. The Kier molecular flexibility index (Phi) is 10.9. The molecule has 174 valence electrons. The Morgan fingerprint density at radius 1 is 1.12 bits per heavy atom. The number of carbonyl (C=O) groups is 2. The van der Waals surface area contributed by atoms with E-state index in [1.807, 2.05) is 38.1 Å². The zero-order valence-electron chi connectivity index (χ0n) is 19.2. The Bertz CT molecular complexity index is 921. The molecule has 0 heterocycles.